The topological polar surface area (TPSA) is 13.1 Å². The zero-order chi connectivity index (χ0) is 57.3. The summed E-state index contributed by atoms with van der Waals surface area (Å²) in [4.78, 5) is 6.14. The van der Waals surface area contributed by atoms with Crippen LogP contribution >= 0.6 is 0 Å². The molecule has 8 rings (SSSR count). The Morgan fingerprint density at radius 1 is 0.286 bits per heavy atom. The highest BCUT2D eigenvalue weighted by molar-refractivity contribution is 7.20. The Labute approximate surface area is 416 Å². The molecule has 77 heavy (non-hydrogen) atoms. The van der Waals surface area contributed by atoms with E-state index in [-0.39, 0.29) is 6.10 Å². The number of nitrogens with zero attached hydrogens (tertiary/aromatic N) is 1. The van der Waals surface area contributed by atoms with Gasteiger partial charge in [0.1, 0.15) is 6.15 Å². The zero-order valence-corrected chi connectivity index (χ0v) is 37.5. The van der Waals surface area contributed by atoms with Crippen LogP contribution in [-0.4, -0.2) is 6.15 Å². The number of fused-ring (bicyclic) bond motifs is 3. The van der Waals surface area contributed by atoms with Crippen molar-refractivity contribution in [1.82, 2.24) is 0 Å². The van der Waals surface area contributed by atoms with Gasteiger partial charge in [0.15, 0.2) is 0 Å². The number of pyridine rings is 1. The third-order valence-electron chi connectivity index (χ3n) is 12.1. The molecule has 0 spiro atoms. The summed E-state index contributed by atoms with van der Waals surface area (Å²) in [5.74, 6) is 0. The molecule has 408 valence electrons. The summed E-state index contributed by atoms with van der Waals surface area (Å²) in [5, 5.41) is 0. The van der Waals surface area contributed by atoms with Crippen LogP contribution in [0.3, 0.4) is 0 Å². The highest BCUT2D eigenvalue weighted by Crippen LogP contribution is 2.45. The van der Waals surface area contributed by atoms with Gasteiger partial charge in [0.05, 0.1) is 44.5 Å². The van der Waals surface area contributed by atoms with Crippen LogP contribution in [0.5, 0.6) is 0 Å². The molecule has 0 saturated carbocycles. The molecule has 7 aromatic rings. The fourth-order valence-electron chi connectivity index (χ4n) is 8.87. The van der Waals surface area contributed by atoms with Gasteiger partial charge in [0.2, 0.25) is 18.5 Å². The molecule has 1 heterocycles. The van der Waals surface area contributed by atoms with Crippen molar-refractivity contribution in [2.24, 2.45) is 0 Å². The van der Waals surface area contributed by atoms with Crippen molar-refractivity contribution in [1.29, 1.82) is 0 Å². The number of rotatable bonds is 6. The van der Waals surface area contributed by atoms with Crippen molar-refractivity contribution < 1.29 is 115 Å². The largest absolute Gasteiger partial charge is 0.416 e. The molecule has 1 aromatic heterocycles. The predicted octanol–water partition coefficient (Wildman–Crippen LogP) is 14.4. The maximum absolute atomic E-state index is 14.2. The molecule has 1 aliphatic rings. The van der Waals surface area contributed by atoms with Crippen LogP contribution in [0.25, 0.3) is 11.1 Å². The standard InChI is InChI=1S/C32H12BF24.C18H14NO/c34-25(35,36)13-1-14(26(37,38)39)6-21(5-13)33(22-7-15(27(40,41)42)2-16(8-22)28(43,44)45,23-9-17(29(46,47)48)3-18(10-23)30(49,50)51)24-11-19(31(52,53)54)4-20(12-24)32(55,56)57;1-6-12-19(13-7-1)20-18-16-10-4-2-8-14(16)15-9-3-5-11-17(15)18/h1-12H;1-13,18H/q-1;+1. The number of hydrogen-bond acceptors (Lipinski definition) is 1. The van der Waals surface area contributed by atoms with Gasteiger partial charge >= 0.3 is 49.4 Å². The van der Waals surface area contributed by atoms with Gasteiger partial charge in [-0.05, 0) is 35.4 Å². The molecular weight excluding hydrogens is 1100 g/mol. The van der Waals surface area contributed by atoms with Crippen molar-refractivity contribution in [3.8, 4) is 11.1 Å². The molecule has 0 bridgehead atoms. The van der Waals surface area contributed by atoms with Crippen molar-refractivity contribution in [3.05, 3.63) is 208 Å². The van der Waals surface area contributed by atoms with Crippen LogP contribution in [0.15, 0.2) is 152 Å². The molecule has 0 atom stereocenters. The normalized spacial score (nSPS) is 13.9. The van der Waals surface area contributed by atoms with Gasteiger partial charge in [0, 0.05) is 28.0 Å². The van der Waals surface area contributed by atoms with Gasteiger partial charge < -0.3 is 0 Å². The smallest absolute Gasteiger partial charge is 0.258 e. The van der Waals surface area contributed by atoms with E-state index in [2.05, 4.69) is 48.5 Å². The summed E-state index contributed by atoms with van der Waals surface area (Å²) in [6, 6.07) is 14.0. The summed E-state index contributed by atoms with van der Waals surface area (Å²) in [6.07, 6.45) is -51.0. The van der Waals surface area contributed by atoms with E-state index in [9.17, 15) is 105 Å². The minimum Gasteiger partial charge on any atom is -0.258 e. The Bertz CT molecular complexity index is 2810. The van der Waals surface area contributed by atoms with Gasteiger partial charge in [-0.1, -0.05) is 103 Å². The van der Waals surface area contributed by atoms with Gasteiger partial charge in [-0.15, -0.1) is 0 Å². The summed E-state index contributed by atoms with van der Waals surface area (Å²) < 4.78 is 343. The Balaban J connectivity index is 0.000000353. The summed E-state index contributed by atoms with van der Waals surface area (Å²) in [5.41, 5.74) is -25.2. The van der Waals surface area contributed by atoms with Crippen molar-refractivity contribution in [3.63, 3.8) is 0 Å². The second-order valence-electron chi connectivity index (χ2n) is 17.1. The van der Waals surface area contributed by atoms with Crippen LogP contribution in [0.2, 0.25) is 0 Å². The highest BCUT2D eigenvalue weighted by Gasteiger charge is 2.47. The first kappa shape index (κ1) is 57.4. The van der Waals surface area contributed by atoms with Crippen LogP contribution in [0.1, 0.15) is 61.7 Å². The molecule has 2 nitrogen and oxygen atoms in total. The fraction of sp³-hybridized carbons (Fsp3) is 0.180. The molecular formula is C50H26BF24NO. The predicted molar refractivity (Wildman–Crippen MR) is 227 cm³/mol. The minimum atomic E-state index is -6.13. The van der Waals surface area contributed by atoms with E-state index in [1.54, 1.807) is 4.73 Å². The minimum absolute atomic E-state index is 0.0465. The van der Waals surface area contributed by atoms with Crippen LogP contribution in [0, 0.1) is 0 Å². The zero-order valence-electron chi connectivity index (χ0n) is 37.5. The number of alkyl halides is 24. The molecule has 6 aromatic carbocycles. The van der Waals surface area contributed by atoms with E-state index in [1.807, 2.05) is 30.6 Å². The van der Waals surface area contributed by atoms with Crippen molar-refractivity contribution in [2.75, 3.05) is 0 Å². The molecule has 0 amide bonds. The molecule has 1 aliphatic carbocycles. The van der Waals surface area contributed by atoms with Gasteiger partial charge in [0.25, 0.3) is 0 Å². The van der Waals surface area contributed by atoms with Crippen LogP contribution < -0.4 is 31.4 Å². The second-order valence-corrected chi connectivity index (χ2v) is 17.1. The first-order valence-corrected chi connectivity index (χ1v) is 21.4. The SMILES string of the molecule is FC(F)(F)c1cc([B-](c2cc(C(F)(F)F)cc(C(F)(F)F)c2)(c2cc(C(F)(F)F)cc(C(F)(F)F)c2)c2cc(C(F)(F)F)cc(C(F)(F)F)c2)cc(C(F)(F)F)c1.c1cc[n+](OC2c3ccccc3-c3ccccc32)cc1. The average Bonchev–Trinajstić information content (AvgIpc) is 3.63. The molecule has 0 unspecified atom stereocenters. The Morgan fingerprint density at radius 2 is 0.506 bits per heavy atom. The number of aromatic nitrogens is 1. The van der Waals surface area contributed by atoms with Gasteiger partial charge in [-0.25, -0.2) is 0 Å². The Morgan fingerprint density at radius 3 is 0.727 bits per heavy atom. The third-order valence-corrected chi connectivity index (χ3v) is 12.1. The van der Waals surface area contributed by atoms with Crippen molar-refractivity contribution in [2.45, 2.75) is 55.5 Å². The van der Waals surface area contributed by atoms with E-state index < -0.39 is 195 Å². The first-order chi connectivity index (χ1) is 35.2. The monoisotopic (exact) mass is 1120 g/mol. The molecule has 0 fully saturated rings. The second kappa shape index (κ2) is 19.6. The van der Waals surface area contributed by atoms with E-state index in [0.717, 1.165) is 0 Å². The average molecular weight is 1120 g/mol. The number of halogens is 24. The third kappa shape index (κ3) is 12.1. The molecule has 0 saturated heterocycles. The summed E-state index contributed by atoms with van der Waals surface area (Å²) in [6.45, 7) is 0. The fourth-order valence-corrected chi connectivity index (χ4v) is 8.87. The maximum Gasteiger partial charge on any atom is 0.416 e. The molecule has 0 radical (unpaired) electrons. The molecule has 27 heteroatoms. The van der Waals surface area contributed by atoms with E-state index in [4.69, 9.17) is 4.84 Å². The van der Waals surface area contributed by atoms with Gasteiger partial charge in [-0.3, -0.25) is 4.84 Å². The number of hydrogen-bond donors (Lipinski definition) is 0. The van der Waals surface area contributed by atoms with Crippen LogP contribution in [0.4, 0.5) is 105 Å². The van der Waals surface area contributed by atoms with E-state index >= 15 is 0 Å². The van der Waals surface area contributed by atoms with E-state index in [0.29, 0.717) is 0 Å². The lowest BCUT2D eigenvalue weighted by molar-refractivity contribution is -0.899. The van der Waals surface area contributed by atoms with E-state index in [1.165, 1.54) is 22.3 Å². The maximum atomic E-state index is 14.2. The quantitative estimate of drug-likeness (QED) is 0.0919. The summed E-state index contributed by atoms with van der Waals surface area (Å²) in [7, 11) is 0. The Kier molecular flexibility index (Phi) is 14.6. The molecule has 0 aliphatic heterocycles. The summed E-state index contributed by atoms with van der Waals surface area (Å²) >= 11 is 0. The Hall–Kier alpha value is -7.35. The van der Waals surface area contributed by atoms with Gasteiger partial charge in [-0.2, -0.15) is 127 Å². The van der Waals surface area contributed by atoms with Crippen molar-refractivity contribution >= 4 is 28.0 Å². The molecule has 0 N–H and O–H groups in total. The number of benzene rings is 6. The van der Waals surface area contributed by atoms with Crippen LogP contribution in [-0.2, 0) is 49.4 Å². The lowest BCUT2D eigenvalue weighted by atomic mass is 9.12. The highest BCUT2D eigenvalue weighted by atomic mass is 19.4. The lowest BCUT2D eigenvalue weighted by Gasteiger charge is -2.46. The first-order valence-electron chi connectivity index (χ1n) is 21.4. The lowest BCUT2D eigenvalue weighted by Crippen LogP contribution is -2.75.